The van der Waals surface area contributed by atoms with Crippen LogP contribution in [0.3, 0.4) is 0 Å². The van der Waals surface area contributed by atoms with Gasteiger partial charge < -0.3 is 4.74 Å². The molecule has 5 nitrogen and oxygen atoms in total. The normalized spacial score (nSPS) is 13.4. The summed E-state index contributed by atoms with van der Waals surface area (Å²) in [5.41, 5.74) is -0.902. The predicted octanol–water partition coefficient (Wildman–Crippen LogP) is 1.63. The second-order valence-electron chi connectivity index (χ2n) is 4.13. The van der Waals surface area contributed by atoms with Crippen LogP contribution in [0.4, 0.5) is 0 Å². The Morgan fingerprint density at radius 2 is 2.14 bits per heavy atom. The van der Waals surface area contributed by atoms with Gasteiger partial charge in [0.15, 0.2) is 0 Å². The molecule has 1 unspecified atom stereocenters. The molecule has 0 aromatic carbocycles. The smallest absolute Gasteiger partial charge is 0.293 e. The van der Waals surface area contributed by atoms with Crippen molar-refractivity contribution in [3.8, 4) is 0 Å². The van der Waals surface area contributed by atoms with Crippen LogP contribution < -0.4 is 0 Å². The summed E-state index contributed by atoms with van der Waals surface area (Å²) in [7, 11) is 0. The van der Waals surface area contributed by atoms with E-state index in [1.54, 1.807) is 13.8 Å². The van der Waals surface area contributed by atoms with Crippen LogP contribution in [0.25, 0.3) is 0 Å². The average Bonchev–Trinajstić information content (AvgIpc) is 2.03. The number of rotatable bonds is 7. The highest BCUT2D eigenvalue weighted by molar-refractivity contribution is 5.36. The number of hydrogen-bond donors (Lipinski definition) is 0. The van der Waals surface area contributed by atoms with E-state index in [2.05, 4.69) is 4.74 Å². The number of carbonyl (C=O) groups is 1. The zero-order chi connectivity index (χ0) is 11.2. The molecule has 0 rings (SSSR count). The van der Waals surface area contributed by atoms with Crippen molar-refractivity contribution >= 4 is 6.47 Å². The van der Waals surface area contributed by atoms with E-state index in [0.717, 1.165) is 0 Å². The lowest BCUT2D eigenvalue weighted by atomic mass is 9.90. The Labute approximate surface area is 83.6 Å². The Morgan fingerprint density at radius 3 is 2.57 bits per heavy atom. The number of nitro groups is 1. The average molecular weight is 203 g/mol. The minimum atomic E-state index is -0.902. The van der Waals surface area contributed by atoms with Crippen LogP contribution in [0.5, 0.6) is 0 Å². The molecular weight excluding hydrogens is 186 g/mol. The van der Waals surface area contributed by atoms with Crippen molar-refractivity contribution < 1.29 is 14.5 Å². The fraction of sp³-hybridized carbons (Fsp3) is 0.889. The van der Waals surface area contributed by atoms with Crippen LogP contribution in [0.2, 0.25) is 0 Å². The first kappa shape index (κ1) is 12.9. The van der Waals surface area contributed by atoms with Gasteiger partial charge >= 0.3 is 0 Å². The summed E-state index contributed by atoms with van der Waals surface area (Å²) in [5, 5.41) is 10.6. The monoisotopic (exact) mass is 203 g/mol. The summed E-state index contributed by atoms with van der Waals surface area (Å²) >= 11 is 0. The highest BCUT2D eigenvalue weighted by atomic mass is 16.6. The van der Waals surface area contributed by atoms with Gasteiger partial charge in [0.2, 0.25) is 5.54 Å². The van der Waals surface area contributed by atoms with Gasteiger partial charge in [-0.1, -0.05) is 6.92 Å². The molecule has 5 heteroatoms. The Kier molecular flexibility index (Phi) is 5.12. The molecule has 0 spiro atoms. The van der Waals surface area contributed by atoms with Crippen LogP contribution in [0, 0.1) is 16.0 Å². The lowest BCUT2D eigenvalue weighted by Gasteiger charge is -2.19. The Hall–Kier alpha value is -1.13. The lowest BCUT2D eigenvalue weighted by molar-refractivity contribution is -0.563. The fourth-order valence-electron chi connectivity index (χ4n) is 1.35. The summed E-state index contributed by atoms with van der Waals surface area (Å²) in [6, 6.07) is 0. The number of carbonyl (C=O) groups excluding carboxylic acids is 1. The molecule has 0 heterocycles. The zero-order valence-electron chi connectivity index (χ0n) is 8.86. The van der Waals surface area contributed by atoms with Crippen molar-refractivity contribution in [2.24, 2.45) is 5.92 Å². The molecule has 1 atom stereocenters. The first-order valence-corrected chi connectivity index (χ1v) is 4.60. The minimum absolute atomic E-state index is 0.176. The van der Waals surface area contributed by atoms with Crippen molar-refractivity contribution in [1.82, 2.24) is 0 Å². The molecule has 0 aliphatic rings. The number of hydrogen-bond acceptors (Lipinski definition) is 4. The van der Waals surface area contributed by atoms with E-state index in [1.165, 1.54) is 0 Å². The number of ether oxygens (including phenoxy) is 1. The van der Waals surface area contributed by atoms with E-state index in [4.69, 9.17) is 0 Å². The molecule has 0 amide bonds. The van der Waals surface area contributed by atoms with E-state index in [9.17, 15) is 14.9 Å². The third kappa shape index (κ3) is 4.79. The fourth-order valence-corrected chi connectivity index (χ4v) is 1.35. The van der Waals surface area contributed by atoms with E-state index >= 15 is 0 Å². The summed E-state index contributed by atoms with van der Waals surface area (Å²) in [6.07, 6.45) is 1.15. The molecular formula is C9H17NO4. The quantitative estimate of drug-likeness (QED) is 0.273. The van der Waals surface area contributed by atoms with Crippen LogP contribution in [0.1, 0.15) is 33.6 Å². The zero-order valence-corrected chi connectivity index (χ0v) is 8.86. The van der Waals surface area contributed by atoms with Crippen LogP contribution in [-0.4, -0.2) is 23.5 Å². The van der Waals surface area contributed by atoms with Gasteiger partial charge in [0, 0.05) is 25.2 Å². The maximum atomic E-state index is 10.6. The van der Waals surface area contributed by atoms with Crippen molar-refractivity contribution in [3.05, 3.63) is 10.1 Å². The molecule has 0 saturated heterocycles. The molecule has 0 radical (unpaired) electrons. The van der Waals surface area contributed by atoms with Crippen molar-refractivity contribution in [1.29, 1.82) is 0 Å². The van der Waals surface area contributed by atoms with Gasteiger partial charge in [0.1, 0.15) is 0 Å². The van der Waals surface area contributed by atoms with E-state index < -0.39 is 5.54 Å². The van der Waals surface area contributed by atoms with Gasteiger partial charge in [-0.05, 0) is 12.3 Å². The molecule has 0 aromatic heterocycles. The summed E-state index contributed by atoms with van der Waals surface area (Å²) in [5.74, 6) is 0.176. The maximum Gasteiger partial charge on any atom is 0.293 e. The SMILES string of the molecule is CC(CCOC=O)CC(C)(C)[N+](=O)[O-]. The molecule has 0 fully saturated rings. The van der Waals surface area contributed by atoms with Gasteiger partial charge in [0.25, 0.3) is 6.47 Å². The minimum Gasteiger partial charge on any atom is -0.468 e. The van der Waals surface area contributed by atoms with Crippen LogP contribution >= 0.6 is 0 Å². The molecule has 0 aromatic rings. The van der Waals surface area contributed by atoms with Crippen molar-refractivity contribution in [2.75, 3.05) is 6.61 Å². The molecule has 0 aliphatic carbocycles. The van der Waals surface area contributed by atoms with Crippen LogP contribution in [0.15, 0.2) is 0 Å². The van der Waals surface area contributed by atoms with Gasteiger partial charge in [-0.15, -0.1) is 0 Å². The molecule has 0 aliphatic heterocycles. The molecule has 0 saturated carbocycles. The predicted molar refractivity (Wildman–Crippen MR) is 51.5 cm³/mol. The second kappa shape index (κ2) is 5.57. The van der Waals surface area contributed by atoms with Gasteiger partial charge in [0.05, 0.1) is 6.61 Å². The van der Waals surface area contributed by atoms with Gasteiger partial charge in [-0.25, -0.2) is 0 Å². The molecule has 82 valence electrons. The maximum absolute atomic E-state index is 10.6. The standard InChI is InChI=1S/C9H17NO4/c1-8(4-5-14-7-11)6-9(2,3)10(12)13/h7-8H,4-6H2,1-3H3. The lowest BCUT2D eigenvalue weighted by Crippen LogP contribution is -2.33. The van der Waals surface area contributed by atoms with Crippen LogP contribution in [-0.2, 0) is 9.53 Å². The third-order valence-corrected chi connectivity index (χ3v) is 2.14. The van der Waals surface area contributed by atoms with Gasteiger partial charge in [-0.2, -0.15) is 0 Å². The van der Waals surface area contributed by atoms with Gasteiger partial charge in [-0.3, -0.25) is 14.9 Å². The molecule has 0 bridgehead atoms. The first-order valence-electron chi connectivity index (χ1n) is 4.60. The topological polar surface area (TPSA) is 69.4 Å². The molecule has 0 N–H and O–H groups in total. The van der Waals surface area contributed by atoms with Crippen molar-refractivity contribution in [3.63, 3.8) is 0 Å². The molecule has 14 heavy (non-hydrogen) atoms. The highest BCUT2D eigenvalue weighted by Gasteiger charge is 2.32. The largest absolute Gasteiger partial charge is 0.468 e. The first-order chi connectivity index (χ1) is 6.40. The van der Waals surface area contributed by atoms with Crippen molar-refractivity contribution in [2.45, 2.75) is 39.2 Å². The summed E-state index contributed by atoms with van der Waals surface area (Å²) in [4.78, 5) is 20.2. The summed E-state index contributed by atoms with van der Waals surface area (Å²) in [6.45, 7) is 5.84. The Morgan fingerprint density at radius 1 is 1.57 bits per heavy atom. The number of nitrogens with zero attached hydrogens (tertiary/aromatic N) is 1. The summed E-state index contributed by atoms with van der Waals surface area (Å²) < 4.78 is 4.53. The second-order valence-corrected chi connectivity index (χ2v) is 4.13. The van der Waals surface area contributed by atoms with E-state index in [1.807, 2.05) is 6.92 Å². The van der Waals surface area contributed by atoms with E-state index in [0.29, 0.717) is 25.9 Å². The Bertz CT molecular complexity index is 203. The van der Waals surface area contributed by atoms with E-state index in [-0.39, 0.29) is 10.8 Å². The third-order valence-electron chi connectivity index (χ3n) is 2.14. The Balaban J connectivity index is 3.86. The highest BCUT2D eigenvalue weighted by Crippen LogP contribution is 2.21.